The van der Waals surface area contributed by atoms with Gasteiger partial charge in [0.15, 0.2) is 18.2 Å². The first-order valence-corrected chi connectivity index (χ1v) is 12.7. The standard InChI is InChI=1S/C22H21N5O5S2/c1-13(2)7-9-27-22(29)18(20(28)19(25-27)16-4-3-11-33-16)21-24-15-6-5-14(32-10-8-23)12-17(15)34(30,31)26-21/h3-6,11-13,28H,7,9-10H2,1-2H3,(H,24,26). The summed E-state index contributed by atoms with van der Waals surface area (Å²) < 4.78 is 36.1. The Morgan fingerprint density at radius 3 is 2.79 bits per heavy atom. The first-order chi connectivity index (χ1) is 16.2. The van der Waals surface area contributed by atoms with E-state index in [1.165, 1.54) is 34.2 Å². The van der Waals surface area contributed by atoms with Crippen molar-refractivity contribution in [3.8, 4) is 28.1 Å². The molecule has 34 heavy (non-hydrogen) atoms. The van der Waals surface area contributed by atoms with Crippen LogP contribution in [0.25, 0.3) is 10.6 Å². The predicted molar refractivity (Wildman–Crippen MR) is 128 cm³/mol. The van der Waals surface area contributed by atoms with Crippen molar-refractivity contribution < 1.29 is 18.3 Å². The lowest BCUT2D eigenvalue weighted by atomic mass is 10.1. The topological polar surface area (TPSA) is 147 Å². The van der Waals surface area contributed by atoms with E-state index in [0.717, 1.165) is 0 Å². The number of hydrogen-bond acceptors (Lipinski definition) is 9. The minimum Gasteiger partial charge on any atom is -0.505 e. The van der Waals surface area contributed by atoms with E-state index in [2.05, 4.69) is 14.8 Å². The minimum absolute atomic E-state index is 0.163. The third-order valence-electron chi connectivity index (χ3n) is 5.04. The molecule has 1 aliphatic heterocycles. The summed E-state index contributed by atoms with van der Waals surface area (Å²) in [5.41, 5.74) is -0.601. The second-order valence-electron chi connectivity index (χ2n) is 7.91. The van der Waals surface area contributed by atoms with Crippen LogP contribution in [0.2, 0.25) is 0 Å². The number of aromatic hydroxyl groups is 1. The number of anilines is 1. The largest absolute Gasteiger partial charge is 0.505 e. The number of ether oxygens (including phenoxy) is 1. The van der Waals surface area contributed by atoms with Crippen molar-refractivity contribution in [1.82, 2.24) is 9.78 Å². The Morgan fingerprint density at radius 2 is 2.12 bits per heavy atom. The number of nitriles is 1. The van der Waals surface area contributed by atoms with Crippen LogP contribution in [0.3, 0.4) is 0 Å². The molecule has 12 heteroatoms. The Bertz CT molecular complexity index is 1470. The van der Waals surface area contributed by atoms with Gasteiger partial charge in [-0.3, -0.25) is 4.79 Å². The van der Waals surface area contributed by atoms with Gasteiger partial charge in [0.1, 0.15) is 28.0 Å². The van der Waals surface area contributed by atoms with Gasteiger partial charge in [-0.15, -0.1) is 15.7 Å². The number of hydrogen-bond donors (Lipinski definition) is 2. The monoisotopic (exact) mass is 499 g/mol. The summed E-state index contributed by atoms with van der Waals surface area (Å²) >= 11 is 1.33. The lowest BCUT2D eigenvalue weighted by Gasteiger charge is -2.20. The van der Waals surface area contributed by atoms with Crippen molar-refractivity contribution >= 4 is 32.9 Å². The van der Waals surface area contributed by atoms with Crippen molar-refractivity contribution in [2.45, 2.75) is 31.7 Å². The van der Waals surface area contributed by atoms with Gasteiger partial charge < -0.3 is 15.2 Å². The maximum absolute atomic E-state index is 13.3. The van der Waals surface area contributed by atoms with E-state index in [9.17, 15) is 18.3 Å². The number of aryl methyl sites for hydroxylation is 1. The van der Waals surface area contributed by atoms with Crippen LogP contribution < -0.4 is 15.6 Å². The zero-order chi connectivity index (χ0) is 24.5. The van der Waals surface area contributed by atoms with Crippen LogP contribution in [-0.4, -0.2) is 35.7 Å². The Kier molecular flexibility index (Phi) is 6.41. The van der Waals surface area contributed by atoms with Crippen LogP contribution in [0.4, 0.5) is 5.69 Å². The molecule has 0 radical (unpaired) electrons. The summed E-state index contributed by atoms with van der Waals surface area (Å²) in [4.78, 5) is 13.7. The normalized spacial score (nSPS) is 14.1. The molecule has 0 aliphatic carbocycles. The molecule has 1 aromatic carbocycles. The Labute approximate surface area is 199 Å². The van der Waals surface area contributed by atoms with Gasteiger partial charge in [0.05, 0.1) is 10.6 Å². The number of fused-ring (bicyclic) bond motifs is 1. The fourth-order valence-corrected chi connectivity index (χ4v) is 5.19. The molecule has 0 bridgehead atoms. The van der Waals surface area contributed by atoms with Crippen molar-refractivity contribution in [2.75, 3.05) is 11.9 Å². The van der Waals surface area contributed by atoms with Gasteiger partial charge in [-0.05, 0) is 35.9 Å². The number of aromatic nitrogens is 2. The van der Waals surface area contributed by atoms with Crippen LogP contribution in [-0.2, 0) is 16.6 Å². The van der Waals surface area contributed by atoms with Crippen molar-refractivity contribution in [3.63, 3.8) is 0 Å². The summed E-state index contributed by atoms with van der Waals surface area (Å²) in [6.45, 7) is 4.07. The van der Waals surface area contributed by atoms with Crippen LogP contribution in [0, 0.1) is 17.2 Å². The number of benzene rings is 1. The molecule has 0 fully saturated rings. The smallest absolute Gasteiger partial charge is 0.286 e. The van der Waals surface area contributed by atoms with E-state index in [1.807, 2.05) is 25.3 Å². The highest BCUT2D eigenvalue weighted by Gasteiger charge is 2.31. The molecule has 0 spiro atoms. The van der Waals surface area contributed by atoms with Gasteiger partial charge in [0, 0.05) is 12.6 Å². The lowest BCUT2D eigenvalue weighted by molar-refractivity contribution is 0.367. The SMILES string of the molecule is CC(C)CCn1nc(-c2cccs2)c(O)c(C2=NS(=O)(=O)c3cc(OCC#N)ccc3N2)c1=O. The summed E-state index contributed by atoms with van der Waals surface area (Å²) in [5, 5.41) is 28.7. The molecule has 0 saturated heterocycles. The van der Waals surface area contributed by atoms with E-state index in [4.69, 9.17) is 10.00 Å². The average molecular weight is 500 g/mol. The minimum atomic E-state index is -4.24. The fraction of sp³-hybridized carbons (Fsp3) is 0.273. The van der Waals surface area contributed by atoms with Crippen LogP contribution in [0.5, 0.6) is 11.5 Å². The van der Waals surface area contributed by atoms with E-state index >= 15 is 0 Å². The molecule has 1 aliphatic rings. The zero-order valence-electron chi connectivity index (χ0n) is 18.3. The Balaban J connectivity index is 1.86. The number of rotatable bonds is 7. The highest BCUT2D eigenvalue weighted by atomic mass is 32.2. The molecule has 0 amide bonds. The molecule has 0 unspecified atom stereocenters. The van der Waals surface area contributed by atoms with Crippen molar-refractivity contribution in [1.29, 1.82) is 5.26 Å². The summed E-state index contributed by atoms with van der Waals surface area (Å²) in [6.07, 6.45) is 0.660. The zero-order valence-corrected chi connectivity index (χ0v) is 20.0. The summed E-state index contributed by atoms with van der Waals surface area (Å²) in [5.74, 6) is -0.260. The molecule has 4 rings (SSSR count). The Hall–Kier alpha value is -3.69. The number of nitrogens with zero attached hydrogens (tertiary/aromatic N) is 4. The molecule has 0 saturated carbocycles. The van der Waals surface area contributed by atoms with Gasteiger partial charge >= 0.3 is 0 Å². The predicted octanol–water partition coefficient (Wildman–Crippen LogP) is 3.19. The maximum atomic E-state index is 13.3. The molecule has 0 atom stereocenters. The highest BCUT2D eigenvalue weighted by Crippen LogP contribution is 2.35. The molecule has 3 heterocycles. The number of nitrogens with one attached hydrogen (secondary N) is 1. The number of sulfonamides is 1. The van der Waals surface area contributed by atoms with Crippen molar-refractivity contribution in [3.05, 3.63) is 51.6 Å². The second kappa shape index (κ2) is 9.28. The van der Waals surface area contributed by atoms with Crippen LogP contribution in [0.1, 0.15) is 25.8 Å². The van der Waals surface area contributed by atoms with Gasteiger partial charge in [0.25, 0.3) is 15.6 Å². The molecule has 10 nitrogen and oxygen atoms in total. The third kappa shape index (κ3) is 4.52. The van der Waals surface area contributed by atoms with Gasteiger partial charge in [-0.25, -0.2) is 4.68 Å². The van der Waals surface area contributed by atoms with Gasteiger partial charge in [-0.2, -0.15) is 18.8 Å². The molecule has 176 valence electrons. The molecular formula is C22H21N5O5S2. The molecule has 2 aromatic heterocycles. The first-order valence-electron chi connectivity index (χ1n) is 10.4. The van der Waals surface area contributed by atoms with E-state index < -0.39 is 21.3 Å². The van der Waals surface area contributed by atoms with Crippen molar-refractivity contribution in [2.24, 2.45) is 10.3 Å². The fourth-order valence-electron chi connectivity index (χ4n) is 3.34. The van der Waals surface area contributed by atoms with Crippen LogP contribution in [0.15, 0.2) is 49.8 Å². The Morgan fingerprint density at radius 1 is 1.32 bits per heavy atom. The maximum Gasteiger partial charge on any atom is 0.286 e. The van der Waals surface area contributed by atoms with Crippen LogP contribution >= 0.6 is 11.3 Å². The number of thiophene rings is 1. The van der Waals surface area contributed by atoms with E-state index in [-0.39, 0.29) is 40.0 Å². The van der Waals surface area contributed by atoms with Gasteiger partial charge in [0.2, 0.25) is 0 Å². The molecule has 3 aromatic rings. The lowest BCUT2D eigenvalue weighted by Crippen LogP contribution is -2.34. The van der Waals surface area contributed by atoms with Gasteiger partial charge in [-0.1, -0.05) is 19.9 Å². The van der Waals surface area contributed by atoms with E-state index in [0.29, 0.717) is 23.8 Å². The van der Waals surface area contributed by atoms with E-state index in [1.54, 1.807) is 12.1 Å². The molecular weight excluding hydrogens is 478 g/mol. The highest BCUT2D eigenvalue weighted by molar-refractivity contribution is 7.90. The summed E-state index contributed by atoms with van der Waals surface area (Å²) in [7, 11) is -4.24. The average Bonchev–Trinajstić information content (AvgIpc) is 3.31. The number of amidine groups is 1. The first kappa shape index (κ1) is 23.5. The molecule has 2 N–H and O–H groups in total. The quantitative estimate of drug-likeness (QED) is 0.504. The second-order valence-corrected chi connectivity index (χ2v) is 10.4. The third-order valence-corrected chi connectivity index (χ3v) is 7.23. The summed E-state index contributed by atoms with van der Waals surface area (Å²) in [6, 6.07) is 9.54.